The van der Waals surface area contributed by atoms with Crippen LogP contribution in [0.15, 0.2) is 18.2 Å². The van der Waals surface area contributed by atoms with Gasteiger partial charge in [-0.2, -0.15) is 0 Å². The third-order valence-electron chi connectivity index (χ3n) is 5.09. The topological polar surface area (TPSA) is 32.3 Å². The van der Waals surface area contributed by atoms with Crippen LogP contribution in [-0.2, 0) is 0 Å². The first-order valence-electron chi connectivity index (χ1n) is 6.73. The Hall–Kier alpha value is -1.02. The second-order valence-corrected chi connectivity index (χ2v) is 6.83. The predicted octanol–water partition coefficient (Wildman–Crippen LogP) is 3.79. The van der Waals surface area contributed by atoms with E-state index in [4.69, 9.17) is 0 Å². The van der Waals surface area contributed by atoms with E-state index in [9.17, 15) is 5.11 Å². The number of hydrogen-bond acceptors (Lipinski definition) is 2. The molecule has 0 saturated heterocycles. The first kappa shape index (κ1) is 13.4. The third-order valence-corrected chi connectivity index (χ3v) is 5.09. The summed E-state index contributed by atoms with van der Waals surface area (Å²) < 4.78 is 0. The summed E-state index contributed by atoms with van der Waals surface area (Å²) in [4.78, 5) is 0. The maximum atomic E-state index is 10.0. The van der Waals surface area contributed by atoms with Gasteiger partial charge in [-0.25, -0.2) is 0 Å². The van der Waals surface area contributed by atoms with E-state index in [1.807, 2.05) is 19.1 Å². The predicted molar refractivity (Wildman–Crippen MR) is 75.7 cm³/mol. The number of phenolic OH excluding ortho intramolecular Hbond substituents is 1. The van der Waals surface area contributed by atoms with Crippen LogP contribution in [0.3, 0.4) is 0 Å². The minimum Gasteiger partial charge on any atom is -0.508 e. The number of hydrogen-bond donors (Lipinski definition) is 2. The minimum atomic E-state index is 0.177. The highest BCUT2D eigenvalue weighted by molar-refractivity contribution is 5.38. The molecule has 1 fully saturated rings. The summed E-state index contributed by atoms with van der Waals surface area (Å²) >= 11 is 0. The maximum absolute atomic E-state index is 10.0. The maximum Gasteiger partial charge on any atom is 0.120 e. The average molecular weight is 247 g/mol. The molecule has 2 nitrogen and oxygen atoms in total. The summed E-state index contributed by atoms with van der Waals surface area (Å²) in [6, 6.07) is 6.58. The molecule has 1 aliphatic carbocycles. The van der Waals surface area contributed by atoms with E-state index in [1.54, 1.807) is 0 Å². The molecular weight excluding hydrogens is 222 g/mol. The van der Waals surface area contributed by atoms with Gasteiger partial charge in [0.25, 0.3) is 0 Å². The number of rotatable bonds is 3. The fourth-order valence-electron chi connectivity index (χ4n) is 2.97. The van der Waals surface area contributed by atoms with Gasteiger partial charge in [-0.3, -0.25) is 0 Å². The SMILES string of the molecule is Cc1ccc(C(C)NC2C(C)(C)C2(C)C)c(O)c1. The molecule has 0 heterocycles. The van der Waals surface area contributed by atoms with Gasteiger partial charge >= 0.3 is 0 Å². The monoisotopic (exact) mass is 247 g/mol. The van der Waals surface area contributed by atoms with Crippen molar-refractivity contribution in [2.24, 2.45) is 10.8 Å². The molecule has 2 N–H and O–H groups in total. The number of nitrogens with one attached hydrogen (secondary N) is 1. The number of aryl methyl sites for hydroxylation is 1. The van der Waals surface area contributed by atoms with Crippen molar-refractivity contribution in [2.75, 3.05) is 0 Å². The Bertz CT molecular complexity index is 448. The highest BCUT2D eigenvalue weighted by Crippen LogP contribution is 2.63. The minimum absolute atomic E-state index is 0.177. The molecule has 1 atom stereocenters. The Labute approximate surface area is 110 Å². The van der Waals surface area contributed by atoms with Gasteiger partial charge in [0.1, 0.15) is 5.75 Å². The molecule has 0 aromatic heterocycles. The van der Waals surface area contributed by atoms with Gasteiger partial charge in [-0.15, -0.1) is 0 Å². The Morgan fingerprint density at radius 1 is 1.17 bits per heavy atom. The molecule has 2 rings (SSSR count). The van der Waals surface area contributed by atoms with Crippen molar-refractivity contribution in [3.8, 4) is 5.75 Å². The normalized spacial score (nSPS) is 22.8. The van der Waals surface area contributed by atoms with Crippen molar-refractivity contribution in [2.45, 2.75) is 53.6 Å². The number of benzene rings is 1. The van der Waals surface area contributed by atoms with E-state index in [1.165, 1.54) is 0 Å². The summed E-state index contributed by atoms with van der Waals surface area (Å²) in [5, 5.41) is 13.7. The Morgan fingerprint density at radius 3 is 2.17 bits per heavy atom. The van der Waals surface area contributed by atoms with Crippen LogP contribution in [0.25, 0.3) is 0 Å². The lowest BCUT2D eigenvalue weighted by molar-refractivity contribution is 0.440. The van der Waals surface area contributed by atoms with Crippen LogP contribution in [0.2, 0.25) is 0 Å². The van der Waals surface area contributed by atoms with Gasteiger partial charge in [0.15, 0.2) is 0 Å². The smallest absolute Gasteiger partial charge is 0.120 e. The summed E-state index contributed by atoms with van der Waals surface area (Å²) in [7, 11) is 0. The molecule has 100 valence electrons. The lowest BCUT2D eigenvalue weighted by atomic mass is 10.0. The van der Waals surface area contributed by atoms with Crippen molar-refractivity contribution in [3.63, 3.8) is 0 Å². The fourth-order valence-corrected chi connectivity index (χ4v) is 2.97. The zero-order valence-electron chi connectivity index (χ0n) is 12.3. The molecule has 2 heteroatoms. The van der Waals surface area contributed by atoms with Gasteiger partial charge in [0, 0.05) is 17.6 Å². The van der Waals surface area contributed by atoms with E-state index in [0.29, 0.717) is 22.6 Å². The molecule has 0 amide bonds. The Balaban J connectivity index is 2.12. The first-order valence-corrected chi connectivity index (χ1v) is 6.73. The van der Waals surface area contributed by atoms with Crippen molar-refractivity contribution < 1.29 is 5.11 Å². The summed E-state index contributed by atoms with van der Waals surface area (Å²) in [6.45, 7) is 13.3. The standard InChI is InChI=1S/C16H25NO/c1-10-7-8-12(13(18)9-10)11(2)17-14-15(3,4)16(14,5)6/h7-9,11,14,17-18H,1-6H3. The van der Waals surface area contributed by atoms with Crippen molar-refractivity contribution in [1.82, 2.24) is 5.32 Å². The van der Waals surface area contributed by atoms with Crippen LogP contribution >= 0.6 is 0 Å². The van der Waals surface area contributed by atoms with E-state index in [-0.39, 0.29) is 6.04 Å². The molecule has 1 aromatic rings. The van der Waals surface area contributed by atoms with Gasteiger partial charge < -0.3 is 10.4 Å². The molecule has 18 heavy (non-hydrogen) atoms. The van der Waals surface area contributed by atoms with Crippen LogP contribution in [-0.4, -0.2) is 11.1 Å². The molecule has 1 unspecified atom stereocenters. The molecule has 0 spiro atoms. The van der Waals surface area contributed by atoms with Gasteiger partial charge in [-0.1, -0.05) is 39.8 Å². The fraction of sp³-hybridized carbons (Fsp3) is 0.625. The summed E-state index contributed by atoms with van der Waals surface area (Å²) in [5.74, 6) is 0.395. The highest BCUT2D eigenvalue weighted by atomic mass is 16.3. The van der Waals surface area contributed by atoms with Crippen LogP contribution in [0.4, 0.5) is 0 Å². The van der Waals surface area contributed by atoms with E-state index in [2.05, 4.69) is 46.0 Å². The number of phenols is 1. The third kappa shape index (κ3) is 1.93. The lowest BCUT2D eigenvalue weighted by Crippen LogP contribution is -2.25. The van der Waals surface area contributed by atoms with Crippen molar-refractivity contribution in [3.05, 3.63) is 29.3 Å². The molecule has 1 aromatic carbocycles. The van der Waals surface area contributed by atoms with Gasteiger partial charge in [0.2, 0.25) is 0 Å². The Kier molecular flexibility index (Phi) is 2.97. The highest BCUT2D eigenvalue weighted by Gasteiger charge is 2.64. The van der Waals surface area contributed by atoms with Crippen molar-refractivity contribution >= 4 is 0 Å². The van der Waals surface area contributed by atoms with Gasteiger partial charge in [-0.05, 0) is 36.3 Å². The van der Waals surface area contributed by atoms with E-state index in [0.717, 1.165) is 11.1 Å². The van der Waals surface area contributed by atoms with Gasteiger partial charge in [0.05, 0.1) is 0 Å². The lowest BCUT2D eigenvalue weighted by Gasteiger charge is -2.17. The Morgan fingerprint density at radius 2 is 1.72 bits per heavy atom. The number of aromatic hydroxyl groups is 1. The van der Waals surface area contributed by atoms with E-state index < -0.39 is 0 Å². The largest absolute Gasteiger partial charge is 0.508 e. The first-order chi connectivity index (χ1) is 8.18. The van der Waals surface area contributed by atoms with Crippen LogP contribution in [0, 0.1) is 17.8 Å². The second-order valence-electron chi connectivity index (χ2n) is 6.83. The zero-order chi connectivity index (χ0) is 13.7. The molecule has 1 aliphatic rings. The van der Waals surface area contributed by atoms with Crippen molar-refractivity contribution in [1.29, 1.82) is 0 Å². The van der Waals surface area contributed by atoms with Crippen LogP contribution in [0.1, 0.15) is 51.8 Å². The zero-order valence-corrected chi connectivity index (χ0v) is 12.3. The van der Waals surface area contributed by atoms with E-state index >= 15 is 0 Å². The quantitative estimate of drug-likeness (QED) is 0.852. The summed E-state index contributed by atoms with van der Waals surface area (Å²) in [6.07, 6.45) is 0. The summed E-state index contributed by atoms with van der Waals surface area (Å²) in [5.41, 5.74) is 2.72. The molecule has 0 aliphatic heterocycles. The molecule has 1 saturated carbocycles. The molecule has 0 bridgehead atoms. The average Bonchev–Trinajstić information content (AvgIpc) is 2.60. The second kappa shape index (κ2) is 3.99. The van der Waals surface area contributed by atoms with Crippen LogP contribution < -0.4 is 5.32 Å². The van der Waals surface area contributed by atoms with Crippen LogP contribution in [0.5, 0.6) is 5.75 Å². The molecule has 0 radical (unpaired) electrons. The molecular formula is C16H25NO.